The van der Waals surface area contributed by atoms with E-state index in [9.17, 15) is 5.11 Å². The fourth-order valence-corrected chi connectivity index (χ4v) is 2.29. The number of nitrogens with zero attached hydrogens (tertiary/aromatic N) is 1. The fraction of sp³-hybridized carbons (Fsp3) is 0.625. The highest BCUT2D eigenvalue weighted by atomic mass is 16.5. The Labute approximate surface area is 117 Å². The summed E-state index contributed by atoms with van der Waals surface area (Å²) in [6.45, 7) is 9.46. The van der Waals surface area contributed by atoms with Gasteiger partial charge in [-0.2, -0.15) is 0 Å². The summed E-state index contributed by atoms with van der Waals surface area (Å²) in [5.74, 6) is 0.958. The van der Waals surface area contributed by atoms with Gasteiger partial charge in [0.2, 0.25) is 0 Å². The van der Waals surface area contributed by atoms with Gasteiger partial charge in [0.1, 0.15) is 5.75 Å². The minimum atomic E-state index is -0.651. The van der Waals surface area contributed by atoms with Crippen LogP contribution in [0.1, 0.15) is 30.5 Å². The van der Waals surface area contributed by atoms with Crippen molar-refractivity contribution in [3.8, 4) is 5.75 Å². The summed E-state index contributed by atoms with van der Waals surface area (Å²) in [6.07, 6.45) is 0.927. The summed E-state index contributed by atoms with van der Waals surface area (Å²) in [5.41, 5.74) is 3.13. The molecule has 0 heterocycles. The first-order chi connectivity index (χ1) is 8.73. The highest BCUT2D eigenvalue weighted by Gasteiger charge is 2.16. The second-order valence-corrected chi connectivity index (χ2v) is 6.05. The summed E-state index contributed by atoms with van der Waals surface area (Å²) < 4.78 is 5.45. The molecular formula is C16H27NO2. The third kappa shape index (κ3) is 5.21. The highest BCUT2D eigenvalue weighted by Crippen LogP contribution is 2.23. The van der Waals surface area contributed by atoms with Gasteiger partial charge in [-0.1, -0.05) is 6.07 Å². The molecule has 0 unspecified atom stereocenters. The Hall–Kier alpha value is -1.06. The molecule has 0 spiro atoms. The molecule has 0 radical (unpaired) electrons. The standard InChI is InChI=1S/C16H27NO2/c1-12-9-14(15(19-6)10-13(12)2)7-8-17(5)11-16(3,4)18/h9-10,18H,7-8,11H2,1-6H3. The minimum Gasteiger partial charge on any atom is -0.496 e. The zero-order valence-corrected chi connectivity index (χ0v) is 13.1. The van der Waals surface area contributed by atoms with Gasteiger partial charge in [0.15, 0.2) is 0 Å². The van der Waals surface area contributed by atoms with E-state index in [1.54, 1.807) is 7.11 Å². The third-order valence-electron chi connectivity index (χ3n) is 3.32. The molecule has 108 valence electrons. The number of aryl methyl sites for hydroxylation is 2. The third-order valence-corrected chi connectivity index (χ3v) is 3.32. The fourth-order valence-electron chi connectivity index (χ4n) is 2.29. The second kappa shape index (κ2) is 6.40. The van der Waals surface area contributed by atoms with Crippen molar-refractivity contribution in [3.63, 3.8) is 0 Å². The van der Waals surface area contributed by atoms with E-state index in [2.05, 4.69) is 30.9 Å². The Kier molecular flexibility index (Phi) is 5.39. The molecule has 3 nitrogen and oxygen atoms in total. The predicted octanol–water partition coefficient (Wildman–Crippen LogP) is 2.56. The summed E-state index contributed by atoms with van der Waals surface area (Å²) in [6, 6.07) is 4.30. The van der Waals surface area contributed by atoms with Gasteiger partial charge in [-0.3, -0.25) is 0 Å². The Morgan fingerprint density at radius 2 is 1.79 bits per heavy atom. The van der Waals surface area contributed by atoms with Crippen LogP contribution in [0.4, 0.5) is 0 Å². The average molecular weight is 265 g/mol. The molecule has 1 aromatic carbocycles. The van der Waals surface area contributed by atoms with Crippen LogP contribution in [0, 0.1) is 13.8 Å². The highest BCUT2D eigenvalue weighted by molar-refractivity contribution is 5.41. The topological polar surface area (TPSA) is 32.7 Å². The molecule has 0 atom stereocenters. The molecule has 0 bridgehead atoms. The van der Waals surface area contributed by atoms with E-state index in [4.69, 9.17) is 4.74 Å². The first kappa shape index (κ1) is 16.0. The normalized spacial score (nSPS) is 12.0. The van der Waals surface area contributed by atoms with Gasteiger partial charge in [-0.25, -0.2) is 0 Å². The molecule has 1 rings (SSSR count). The lowest BCUT2D eigenvalue weighted by atomic mass is 10.0. The van der Waals surface area contributed by atoms with Gasteiger partial charge in [-0.05, 0) is 63.9 Å². The summed E-state index contributed by atoms with van der Waals surface area (Å²) in [4.78, 5) is 2.15. The van der Waals surface area contributed by atoms with E-state index < -0.39 is 5.60 Å². The van der Waals surface area contributed by atoms with Crippen molar-refractivity contribution in [2.24, 2.45) is 0 Å². The van der Waals surface area contributed by atoms with E-state index in [0.717, 1.165) is 18.7 Å². The molecular weight excluding hydrogens is 238 g/mol. The maximum atomic E-state index is 9.80. The van der Waals surface area contributed by atoms with E-state index in [1.165, 1.54) is 16.7 Å². The molecule has 0 saturated heterocycles. The zero-order chi connectivity index (χ0) is 14.6. The van der Waals surface area contributed by atoms with Crippen molar-refractivity contribution in [1.29, 1.82) is 0 Å². The molecule has 0 saturated carbocycles. The second-order valence-electron chi connectivity index (χ2n) is 6.05. The van der Waals surface area contributed by atoms with Crippen LogP contribution < -0.4 is 4.74 Å². The molecule has 1 N–H and O–H groups in total. The minimum absolute atomic E-state index is 0.651. The number of methoxy groups -OCH3 is 1. The van der Waals surface area contributed by atoms with Crippen LogP contribution in [0.3, 0.4) is 0 Å². The van der Waals surface area contributed by atoms with Crippen molar-refractivity contribution in [1.82, 2.24) is 4.90 Å². The van der Waals surface area contributed by atoms with Crippen molar-refractivity contribution in [2.45, 2.75) is 39.7 Å². The Morgan fingerprint density at radius 3 is 2.32 bits per heavy atom. The summed E-state index contributed by atoms with van der Waals surface area (Å²) in [5, 5.41) is 9.80. The number of likely N-dealkylation sites (N-methyl/N-ethyl adjacent to an activating group) is 1. The lowest BCUT2D eigenvalue weighted by Gasteiger charge is -2.25. The molecule has 1 aromatic rings. The Bertz CT molecular complexity index is 421. The molecule has 0 fully saturated rings. The van der Waals surface area contributed by atoms with Gasteiger partial charge in [0.25, 0.3) is 0 Å². The molecule has 0 aliphatic carbocycles. The lowest BCUT2D eigenvalue weighted by molar-refractivity contribution is 0.0449. The van der Waals surface area contributed by atoms with E-state index in [1.807, 2.05) is 20.9 Å². The zero-order valence-electron chi connectivity index (χ0n) is 13.1. The molecule has 3 heteroatoms. The van der Waals surface area contributed by atoms with E-state index >= 15 is 0 Å². The first-order valence-electron chi connectivity index (χ1n) is 6.78. The van der Waals surface area contributed by atoms with Crippen LogP contribution in [0.2, 0.25) is 0 Å². The predicted molar refractivity (Wildman–Crippen MR) is 80.0 cm³/mol. The Morgan fingerprint density at radius 1 is 1.21 bits per heavy atom. The molecule has 0 amide bonds. The quantitative estimate of drug-likeness (QED) is 0.858. The Balaban J connectivity index is 2.69. The molecule has 0 aliphatic rings. The van der Waals surface area contributed by atoms with Crippen LogP contribution in [0.15, 0.2) is 12.1 Å². The lowest BCUT2D eigenvalue weighted by Crippen LogP contribution is -2.37. The van der Waals surface area contributed by atoms with Gasteiger partial charge < -0.3 is 14.7 Å². The van der Waals surface area contributed by atoms with Crippen LogP contribution >= 0.6 is 0 Å². The van der Waals surface area contributed by atoms with Gasteiger partial charge >= 0.3 is 0 Å². The molecule has 19 heavy (non-hydrogen) atoms. The van der Waals surface area contributed by atoms with Gasteiger partial charge in [0.05, 0.1) is 12.7 Å². The summed E-state index contributed by atoms with van der Waals surface area (Å²) in [7, 11) is 3.75. The van der Waals surface area contributed by atoms with Crippen LogP contribution in [-0.2, 0) is 6.42 Å². The van der Waals surface area contributed by atoms with E-state index in [0.29, 0.717) is 6.54 Å². The van der Waals surface area contributed by atoms with Crippen molar-refractivity contribution in [2.75, 3.05) is 27.2 Å². The van der Waals surface area contributed by atoms with Crippen LogP contribution in [0.25, 0.3) is 0 Å². The largest absolute Gasteiger partial charge is 0.496 e. The number of ether oxygens (including phenoxy) is 1. The first-order valence-corrected chi connectivity index (χ1v) is 6.78. The van der Waals surface area contributed by atoms with Crippen LogP contribution in [-0.4, -0.2) is 42.9 Å². The molecule has 0 aromatic heterocycles. The van der Waals surface area contributed by atoms with Crippen LogP contribution in [0.5, 0.6) is 5.75 Å². The number of rotatable bonds is 6. The maximum absolute atomic E-state index is 9.80. The number of aliphatic hydroxyl groups is 1. The van der Waals surface area contributed by atoms with Crippen molar-refractivity contribution in [3.05, 3.63) is 28.8 Å². The van der Waals surface area contributed by atoms with E-state index in [-0.39, 0.29) is 0 Å². The monoisotopic (exact) mass is 265 g/mol. The number of hydrogen-bond acceptors (Lipinski definition) is 3. The maximum Gasteiger partial charge on any atom is 0.122 e. The average Bonchev–Trinajstić information content (AvgIpc) is 2.28. The van der Waals surface area contributed by atoms with Gasteiger partial charge in [-0.15, -0.1) is 0 Å². The van der Waals surface area contributed by atoms with Crippen molar-refractivity contribution >= 4 is 0 Å². The van der Waals surface area contributed by atoms with Gasteiger partial charge in [0, 0.05) is 13.1 Å². The number of benzene rings is 1. The summed E-state index contributed by atoms with van der Waals surface area (Å²) >= 11 is 0. The van der Waals surface area contributed by atoms with Crippen molar-refractivity contribution < 1.29 is 9.84 Å². The number of hydrogen-bond donors (Lipinski definition) is 1. The molecule has 0 aliphatic heterocycles. The smallest absolute Gasteiger partial charge is 0.122 e. The SMILES string of the molecule is COc1cc(C)c(C)cc1CCN(C)CC(C)(C)O.